The summed E-state index contributed by atoms with van der Waals surface area (Å²) in [5.74, 6) is -1.00. The molecule has 4 rings (SSSR count). The van der Waals surface area contributed by atoms with Gasteiger partial charge in [-0.2, -0.15) is 0 Å². The first-order valence-corrected chi connectivity index (χ1v) is 11.8. The maximum absolute atomic E-state index is 14.0. The van der Waals surface area contributed by atoms with Crippen LogP contribution in [0.2, 0.25) is 0 Å². The molecular weight excluding hydrogens is 498 g/mol. The fraction of sp³-hybridized carbons (Fsp3) is 0.481. The van der Waals surface area contributed by atoms with Gasteiger partial charge in [0.2, 0.25) is 5.60 Å². The summed E-state index contributed by atoms with van der Waals surface area (Å²) in [6, 6.07) is 19.5. The first-order valence-electron chi connectivity index (χ1n) is 11.8. The minimum Gasteiger partial charge on any atom is -1.00 e. The number of benzene rings is 2. The van der Waals surface area contributed by atoms with Crippen LogP contribution in [0.15, 0.2) is 60.7 Å². The summed E-state index contributed by atoms with van der Waals surface area (Å²) < 4.78 is 18.5. The third-order valence-corrected chi connectivity index (χ3v) is 7.42. The topological polar surface area (TPSA) is 61.8 Å². The molecule has 2 aliphatic rings. The quantitative estimate of drug-likeness (QED) is 0.373. The predicted molar refractivity (Wildman–Crippen MR) is 124 cm³/mol. The Balaban J connectivity index is 0.00000324. The number of ether oxygens (including phenoxy) is 3. The number of hydrogen-bond donors (Lipinski definition) is 0. The van der Waals surface area contributed by atoms with Crippen molar-refractivity contribution in [1.82, 2.24) is 0 Å². The molecule has 0 radical (unpaired) electrons. The molecule has 0 N–H and O–H groups in total. The van der Waals surface area contributed by atoms with E-state index in [2.05, 4.69) is 14.1 Å². The molecule has 2 aliphatic heterocycles. The number of halogens is 1. The molecule has 2 bridgehead atoms. The van der Waals surface area contributed by atoms with Crippen LogP contribution >= 0.6 is 0 Å². The van der Waals surface area contributed by atoms with Gasteiger partial charge in [0.25, 0.3) is 0 Å². The van der Waals surface area contributed by atoms with Crippen LogP contribution in [-0.4, -0.2) is 61.9 Å². The van der Waals surface area contributed by atoms with Crippen molar-refractivity contribution in [2.75, 3.05) is 27.3 Å². The van der Waals surface area contributed by atoms with E-state index in [1.165, 1.54) is 0 Å². The molecule has 0 aliphatic carbocycles. The van der Waals surface area contributed by atoms with Gasteiger partial charge in [-0.05, 0) is 18.1 Å². The number of fused-ring (bicyclic) bond motifs is 2. The van der Waals surface area contributed by atoms with Gasteiger partial charge in [-0.3, -0.25) is 0 Å². The average Bonchev–Trinajstić information content (AvgIpc) is 2.97. The van der Waals surface area contributed by atoms with Crippen molar-refractivity contribution in [2.24, 2.45) is 0 Å². The Bertz CT molecular complexity index is 910. The molecule has 0 saturated carbocycles. The normalized spacial score (nSPS) is 23.0. The van der Waals surface area contributed by atoms with Gasteiger partial charge >= 0.3 is 11.9 Å². The first kappa shape index (κ1) is 26.4. The maximum atomic E-state index is 14.0. The van der Waals surface area contributed by atoms with Gasteiger partial charge in [-0.25, -0.2) is 9.59 Å². The number of esters is 2. The van der Waals surface area contributed by atoms with E-state index in [9.17, 15) is 9.59 Å². The fourth-order valence-electron chi connectivity index (χ4n) is 5.50. The number of nitrogens with zero attached hydrogens (tertiary/aromatic N) is 1. The Morgan fingerprint density at radius 3 is 1.88 bits per heavy atom. The monoisotopic (exact) mass is 531 g/mol. The molecule has 7 heteroatoms. The van der Waals surface area contributed by atoms with Crippen molar-refractivity contribution in [1.29, 1.82) is 0 Å². The number of rotatable bonds is 8. The molecule has 3 atom stereocenters. The molecule has 2 saturated heterocycles. The Hall–Kier alpha value is -2.22. The summed E-state index contributed by atoms with van der Waals surface area (Å²) in [5, 5.41) is 0. The summed E-state index contributed by atoms with van der Waals surface area (Å²) in [6.45, 7) is 1.63. The first-order chi connectivity index (χ1) is 15.9. The van der Waals surface area contributed by atoms with Crippen LogP contribution in [0.1, 0.15) is 43.7 Å². The summed E-state index contributed by atoms with van der Waals surface area (Å²) in [4.78, 5) is 26.2. The van der Waals surface area contributed by atoms with Gasteiger partial charge in [0, 0.05) is 25.7 Å². The van der Waals surface area contributed by atoms with Crippen LogP contribution in [0.25, 0.3) is 0 Å². The lowest BCUT2D eigenvalue weighted by Gasteiger charge is -2.44. The molecule has 2 fully saturated rings. The van der Waals surface area contributed by atoms with E-state index in [1.807, 2.05) is 60.7 Å². The van der Waals surface area contributed by atoms with Gasteiger partial charge in [0.05, 0.1) is 32.8 Å². The van der Waals surface area contributed by atoms with Crippen LogP contribution in [0, 0.1) is 0 Å². The standard InChI is InChI=1S/C27H34NO5.BrH/c1-4-31-25(29)19-32-27(20-11-7-5-8-12-20,21-13-9-6-10-14-21)26(30)33-24-17-22-15-16-23(18-24)28(22,2)3;/h5-14,22-24H,4,15-19H2,1-3H3;1H/q+1;/p-1/t22-,23+,24+;. The lowest BCUT2D eigenvalue weighted by molar-refractivity contribution is -0.931. The molecule has 0 spiro atoms. The van der Waals surface area contributed by atoms with Crippen molar-refractivity contribution in [2.45, 2.75) is 56.4 Å². The van der Waals surface area contributed by atoms with E-state index in [0.717, 1.165) is 30.2 Å². The van der Waals surface area contributed by atoms with Crippen LogP contribution in [0.5, 0.6) is 0 Å². The zero-order chi connectivity index (χ0) is 23.5. The number of hydrogen-bond acceptors (Lipinski definition) is 5. The number of quaternary nitrogens is 1. The number of carbonyl (C=O) groups excluding carboxylic acids is 2. The van der Waals surface area contributed by atoms with Crippen molar-refractivity contribution in [3.05, 3.63) is 71.8 Å². The van der Waals surface area contributed by atoms with Crippen molar-refractivity contribution >= 4 is 11.9 Å². The molecule has 6 nitrogen and oxygen atoms in total. The van der Waals surface area contributed by atoms with E-state index in [1.54, 1.807) is 6.92 Å². The van der Waals surface area contributed by atoms with E-state index in [4.69, 9.17) is 14.2 Å². The highest BCUT2D eigenvalue weighted by molar-refractivity contribution is 5.86. The largest absolute Gasteiger partial charge is 1.00 e. The zero-order valence-electron chi connectivity index (χ0n) is 20.1. The number of piperidine rings is 1. The molecule has 184 valence electrons. The van der Waals surface area contributed by atoms with Crippen molar-refractivity contribution in [3.63, 3.8) is 0 Å². The third-order valence-electron chi connectivity index (χ3n) is 7.42. The molecule has 0 aromatic heterocycles. The summed E-state index contributed by atoms with van der Waals surface area (Å²) >= 11 is 0. The minimum absolute atomic E-state index is 0. The fourth-order valence-corrected chi connectivity index (χ4v) is 5.50. The predicted octanol–water partition coefficient (Wildman–Crippen LogP) is 0.827. The average molecular weight is 532 g/mol. The van der Waals surface area contributed by atoms with Gasteiger partial charge in [0.15, 0.2) is 0 Å². The molecule has 34 heavy (non-hydrogen) atoms. The number of carbonyl (C=O) groups is 2. The molecule has 2 heterocycles. The summed E-state index contributed by atoms with van der Waals surface area (Å²) in [5.41, 5.74) is -0.309. The molecule has 2 aromatic carbocycles. The van der Waals surface area contributed by atoms with Crippen LogP contribution in [-0.2, 0) is 29.4 Å². The highest BCUT2D eigenvalue weighted by Gasteiger charge is 2.52. The Morgan fingerprint density at radius 2 is 1.41 bits per heavy atom. The molecule has 0 unspecified atom stereocenters. The van der Waals surface area contributed by atoms with Crippen LogP contribution in [0.3, 0.4) is 0 Å². The smallest absolute Gasteiger partial charge is 0.348 e. The highest BCUT2D eigenvalue weighted by atomic mass is 79.9. The Labute approximate surface area is 212 Å². The van der Waals surface area contributed by atoms with Crippen molar-refractivity contribution < 1.29 is 45.3 Å². The lowest BCUT2D eigenvalue weighted by atomic mass is 9.85. The second-order valence-corrected chi connectivity index (χ2v) is 9.52. The second kappa shape index (κ2) is 11.0. The van der Waals surface area contributed by atoms with Crippen LogP contribution in [0.4, 0.5) is 0 Å². The minimum atomic E-state index is -1.56. The van der Waals surface area contributed by atoms with Crippen molar-refractivity contribution in [3.8, 4) is 0 Å². The second-order valence-electron chi connectivity index (χ2n) is 9.52. The molecule has 0 amide bonds. The summed E-state index contributed by atoms with van der Waals surface area (Å²) in [6.07, 6.45) is 3.83. The van der Waals surface area contributed by atoms with Crippen LogP contribution < -0.4 is 17.0 Å². The Kier molecular flexibility index (Phi) is 8.55. The summed E-state index contributed by atoms with van der Waals surface area (Å²) in [7, 11) is 4.56. The van der Waals surface area contributed by atoms with E-state index in [0.29, 0.717) is 23.2 Å². The van der Waals surface area contributed by atoms with Gasteiger partial charge < -0.3 is 35.7 Å². The zero-order valence-corrected chi connectivity index (χ0v) is 21.7. The lowest BCUT2D eigenvalue weighted by Crippen LogP contribution is -3.00. The van der Waals surface area contributed by atoms with Gasteiger partial charge in [-0.1, -0.05) is 60.7 Å². The van der Waals surface area contributed by atoms with E-state index >= 15 is 0 Å². The Morgan fingerprint density at radius 1 is 0.912 bits per heavy atom. The molecule has 2 aromatic rings. The molecular formula is C27H34BrNO5. The van der Waals surface area contributed by atoms with Gasteiger partial charge in [0.1, 0.15) is 12.7 Å². The maximum Gasteiger partial charge on any atom is 0.348 e. The highest BCUT2D eigenvalue weighted by Crippen LogP contribution is 2.42. The SMILES string of the molecule is CCOC(=O)COC(C(=O)O[C@H]1C[C@H]2CC[C@@H](C1)[N+]2(C)C)(c1ccccc1)c1ccccc1.[Br-]. The van der Waals surface area contributed by atoms with E-state index in [-0.39, 0.29) is 36.3 Å². The van der Waals surface area contributed by atoms with E-state index < -0.39 is 17.5 Å². The van der Waals surface area contributed by atoms with Gasteiger partial charge in [-0.15, -0.1) is 0 Å². The third kappa shape index (κ3) is 5.07.